The minimum atomic E-state index is -5.68. The third-order valence-corrected chi connectivity index (χ3v) is 3.75. The van der Waals surface area contributed by atoms with Crippen LogP contribution in [-0.2, 0) is 14.3 Å². The first-order valence-corrected chi connectivity index (χ1v) is 6.58. The van der Waals surface area contributed by atoms with E-state index in [9.17, 15) is 21.6 Å². The van der Waals surface area contributed by atoms with Gasteiger partial charge in [-0.1, -0.05) is 19.3 Å². The first-order chi connectivity index (χ1) is 7.78. The van der Waals surface area contributed by atoms with Crippen LogP contribution in [0.25, 0.3) is 0 Å². The van der Waals surface area contributed by atoms with Crippen LogP contribution in [0.2, 0.25) is 0 Å². The molecule has 98 valence electrons. The second-order valence-corrected chi connectivity index (χ2v) is 5.51. The Balaban J connectivity index is 2.74. The van der Waals surface area contributed by atoms with Crippen molar-refractivity contribution in [2.75, 3.05) is 0 Å². The molecule has 1 rings (SSSR count). The molecule has 0 radical (unpaired) electrons. The zero-order chi connectivity index (χ0) is 13.1. The minimum absolute atomic E-state index is 0.439. The largest absolute Gasteiger partial charge is 0.523 e. The van der Waals surface area contributed by atoms with Gasteiger partial charge in [-0.15, -0.1) is 0 Å². The fourth-order valence-electron chi connectivity index (χ4n) is 1.83. The SMILES string of the molecule is N#C[C@@H](OS(=O)(=O)C(F)(F)F)C1CCCCC1. The van der Waals surface area contributed by atoms with Crippen molar-refractivity contribution in [3.8, 4) is 6.07 Å². The first kappa shape index (κ1) is 14.3. The summed E-state index contributed by atoms with van der Waals surface area (Å²) >= 11 is 0. The molecule has 1 fully saturated rings. The number of nitrogens with zero attached hydrogens (tertiary/aromatic N) is 1. The number of alkyl halides is 3. The molecule has 1 atom stereocenters. The molecule has 0 spiro atoms. The van der Waals surface area contributed by atoms with Crippen molar-refractivity contribution in [2.24, 2.45) is 5.92 Å². The van der Waals surface area contributed by atoms with Crippen LogP contribution in [0.15, 0.2) is 0 Å². The maximum atomic E-state index is 12.1. The molecular formula is C9H12F3NO3S. The average molecular weight is 271 g/mol. The van der Waals surface area contributed by atoms with Crippen LogP contribution >= 0.6 is 0 Å². The van der Waals surface area contributed by atoms with E-state index in [1.807, 2.05) is 0 Å². The smallest absolute Gasteiger partial charge is 0.244 e. The fourth-order valence-corrected chi connectivity index (χ4v) is 2.42. The van der Waals surface area contributed by atoms with E-state index in [1.54, 1.807) is 0 Å². The molecule has 0 bridgehead atoms. The van der Waals surface area contributed by atoms with Gasteiger partial charge in [0.2, 0.25) is 0 Å². The molecule has 0 aliphatic heterocycles. The predicted octanol–water partition coefficient (Wildman–Crippen LogP) is 2.33. The third kappa shape index (κ3) is 3.57. The zero-order valence-corrected chi connectivity index (χ0v) is 9.72. The van der Waals surface area contributed by atoms with Gasteiger partial charge in [0, 0.05) is 5.92 Å². The van der Waals surface area contributed by atoms with Crippen LogP contribution in [0.1, 0.15) is 32.1 Å². The lowest BCUT2D eigenvalue weighted by atomic mass is 9.86. The van der Waals surface area contributed by atoms with E-state index in [2.05, 4.69) is 4.18 Å². The number of hydrogen-bond donors (Lipinski definition) is 0. The fraction of sp³-hybridized carbons (Fsp3) is 0.889. The third-order valence-electron chi connectivity index (χ3n) is 2.72. The van der Waals surface area contributed by atoms with Gasteiger partial charge in [0.15, 0.2) is 6.10 Å². The molecule has 0 unspecified atom stereocenters. The van der Waals surface area contributed by atoms with Gasteiger partial charge >= 0.3 is 15.6 Å². The van der Waals surface area contributed by atoms with E-state index in [1.165, 1.54) is 6.07 Å². The maximum absolute atomic E-state index is 12.1. The summed E-state index contributed by atoms with van der Waals surface area (Å²) in [4.78, 5) is 0. The van der Waals surface area contributed by atoms with E-state index in [-0.39, 0.29) is 0 Å². The number of rotatable bonds is 3. The molecule has 1 aliphatic rings. The molecule has 4 nitrogen and oxygen atoms in total. The number of halogens is 3. The summed E-state index contributed by atoms with van der Waals surface area (Å²) in [5, 5.41) is 8.70. The Morgan fingerprint density at radius 1 is 1.24 bits per heavy atom. The van der Waals surface area contributed by atoms with Gasteiger partial charge in [0.25, 0.3) is 0 Å². The summed E-state index contributed by atoms with van der Waals surface area (Å²) in [7, 11) is -5.68. The molecule has 0 aromatic carbocycles. The van der Waals surface area contributed by atoms with Gasteiger partial charge in [-0.2, -0.15) is 26.9 Å². The number of hydrogen-bond acceptors (Lipinski definition) is 4. The summed E-state index contributed by atoms with van der Waals surface area (Å²) in [6.07, 6.45) is 2.00. The summed E-state index contributed by atoms with van der Waals surface area (Å²) in [6, 6.07) is 1.50. The van der Waals surface area contributed by atoms with E-state index in [0.29, 0.717) is 12.8 Å². The van der Waals surface area contributed by atoms with Crippen molar-refractivity contribution in [3.63, 3.8) is 0 Å². The Morgan fingerprint density at radius 2 is 1.76 bits per heavy atom. The highest BCUT2D eigenvalue weighted by atomic mass is 32.2. The highest BCUT2D eigenvalue weighted by Crippen LogP contribution is 2.32. The standard InChI is InChI=1S/C9H12F3NO3S/c10-9(11,12)17(14,15)16-8(6-13)7-4-2-1-3-5-7/h7-8H,1-5H2/t8-/m1/s1. The van der Waals surface area contributed by atoms with Crippen LogP contribution in [-0.4, -0.2) is 20.0 Å². The molecule has 0 aromatic rings. The van der Waals surface area contributed by atoms with Gasteiger partial charge in [-0.25, -0.2) is 4.18 Å². The molecule has 17 heavy (non-hydrogen) atoms. The summed E-state index contributed by atoms with van der Waals surface area (Å²) in [6.45, 7) is 0. The molecular weight excluding hydrogens is 259 g/mol. The Bertz CT molecular complexity index is 393. The van der Waals surface area contributed by atoms with Gasteiger partial charge in [0.05, 0.1) is 6.07 Å². The highest BCUT2D eigenvalue weighted by Gasteiger charge is 2.49. The van der Waals surface area contributed by atoms with Crippen LogP contribution in [0.4, 0.5) is 13.2 Å². The van der Waals surface area contributed by atoms with Gasteiger partial charge in [-0.3, -0.25) is 0 Å². The lowest BCUT2D eigenvalue weighted by Crippen LogP contribution is -2.33. The molecule has 0 amide bonds. The first-order valence-electron chi connectivity index (χ1n) is 5.17. The summed E-state index contributed by atoms with van der Waals surface area (Å²) < 4.78 is 61.7. The van der Waals surface area contributed by atoms with E-state index in [0.717, 1.165) is 19.3 Å². The molecule has 0 aromatic heterocycles. The highest BCUT2D eigenvalue weighted by molar-refractivity contribution is 7.87. The van der Waals surface area contributed by atoms with Crippen molar-refractivity contribution in [1.29, 1.82) is 5.26 Å². The quantitative estimate of drug-likeness (QED) is 0.583. The van der Waals surface area contributed by atoms with E-state index in [4.69, 9.17) is 5.26 Å². The topological polar surface area (TPSA) is 67.2 Å². The van der Waals surface area contributed by atoms with Gasteiger partial charge in [-0.05, 0) is 12.8 Å². The van der Waals surface area contributed by atoms with Crippen LogP contribution in [0.3, 0.4) is 0 Å². The van der Waals surface area contributed by atoms with Crippen LogP contribution in [0, 0.1) is 17.2 Å². The van der Waals surface area contributed by atoms with E-state index >= 15 is 0 Å². The van der Waals surface area contributed by atoms with E-state index < -0.39 is 27.6 Å². The summed E-state index contributed by atoms with van der Waals surface area (Å²) in [5.41, 5.74) is -5.48. The normalized spacial score (nSPS) is 20.8. The van der Waals surface area contributed by atoms with Crippen LogP contribution in [0.5, 0.6) is 0 Å². The Morgan fingerprint density at radius 3 is 2.18 bits per heavy atom. The molecule has 0 N–H and O–H groups in total. The average Bonchev–Trinajstić information content (AvgIpc) is 2.25. The maximum Gasteiger partial charge on any atom is 0.523 e. The Labute approximate surface area is 97.5 Å². The predicted molar refractivity (Wildman–Crippen MR) is 52.0 cm³/mol. The monoisotopic (exact) mass is 271 g/mol. The second-order valence-electron chi connectivity index (χ2n) is 3.94. The summed E-state index contributed by atoms with van der Waals surface area (Å²) in [5.74, 6) is -0.439. The van der Waals surface area contributed by atoms with Crippen molar-refractivity contribution >= 4 is 10.1 Å². The van der Waals surface area contributed by atoms with Crippen LogP contribution < -0.4 is 0 Å². The lowest BCUT2D eigenvalue weighted by molar-refractivity contribution is -0.0577. The van der Waals surface area contributed by atoms with Gasteiger partial charge in [0.1, 0.15) is 0 Å². The molecule has 1 saturated carbocycles. The Kier molecular flexibility index (Phi) is 4.38. The van der Waals surface area contributed by atoms with Crippen molar-refractivity contribution in [2.45, 2.75) is 43.7 Å². The molecule has 8 heteroatoms. The van der Waals surface area contributed by atoms with Crippen molar-refractivity contribution in [1.82, 2.24) is 0 Å². The number of nitriles is 1. The Hall–Kier alpha value is -0.810. The van der Waals surface area contributed by atoms with Crippen molar-refractivity contribution in [3.05, 3.63) is 0 Å². The second kappa shape index (κ2) is 5.23. The lowest BCUT2D eigenvalue weighted by Gasteiger charge is -2.25. The molecule has 0 saturated heterocycles. The van der Waals surface area contributed by atoms with Gasteiger partial charge < -0.3 is 0 Å². The zero-order valence-electron chi connectivity index (χ0n) is 8.90. The minimum Gasteiger partial charge on any atom is -0.244 e. The molecule has 0 heterocycles. The van der Waals surface area contributed by atoms with Crippen molar-refractivity contribution < 1.29 is 25.8 Å². The molecule has 1 aliphatic carbocycles.